The van der Waals surface area contributed by atoms with Crippen molar-refractivity contribution >= 4 is 0 Å². The molecule has 15 heavy (non-hydrogen) atoms. The molecule has 1 aliphatic rings. The van der Waals surface area contributed by atoms with E-state index in [9.17, 15) is 0 Å². The van der Waals surface area contributed by atoms with Gasteiger partial charge in [0.2, 0.25) is 0 Å². The van der Waals surface area contributed by atoms with Crippen molar-refractivity contribution in [3.05, 3.63) is 29.8 Å². The van der Waals surface area contributed by atoms with Gasteiger partial charge >= 0.3 is 0 Å². The molecule has 2 rings (SSSR count). The topological polar surface area (TPSA) is 45.0 Å². The van der Waals surface area contributed by atoms with Crippen molar-refractivity contribution in [3.8, 4) is 11.8 Å². The van der Waals surface area contributed by atoms with Gasteiger partial charge in [0.15, 0.2) is 0 Å². The lowest BCUT2D eigenvalue weighted by atomic mass is 9.90. The summed E-state index contributed by atoms with van der Waals surface area (Å²) in [6.45, 7) is 1.67. The summed E-state index contributed by atoms with van der Waals surface area (Å²) >= 11 is 0. The van der Waals surface area contributed by atoms with E-state index in [0.717, 1.165) is 18.8 Å². The summed E-state index contributed by atoms with van der Waals surface area (Å²) in [6, 6.07) is 10.3. The normalized spacial score (nSPS) is 24.8. The first kappa shape index (κ1) is 10.0. The van der Waals surface area contributed by atoms with Crippen molar-refractivity contribution in [3.63, 3.8) is 0 Å². The minimum absolute atomic E-state index is 0.0807. The van der Waals surface area contributed by atoms with Gasteiger partial charge in [0.25, 0.3) is 0 Å². The molecular weight excluding hydrogens is 188 g/mol. The van der Waals surface area contributed by atoms with Crippen LogP contribution in [0.3, 0.4) is 0 Å². The van der Waals surface area contributed by atoms with Crippen molar-refractivity contribution in [2.45, 2.75) is 5.92 Å². The van der Waals surface area contributed by atoms with Crippen LogP contribution in [0.25, 0.3) is 0 Å². The number of nitrogens with zero attached hydrogens (tertiary/aromatic N) is 1. The molecule has 3 heteroatoms. The summed E-state index contributed by atoms with van der Waals surface area (Å²) in [4.78, 5) is 0. The predicted octanol–water partition coefficient (Wildman–Crippen LogP) is 1.52. The number of ether oxygens (including phenoxy) is 1. The summed E-state index contributed by atoms with van der Waals surface area (Å²) in [5.41, 5.74) is 1.19. The second-order valence-electron chi connectivity index (χ2n) is 3.78. The zero-order chi connectivity index (χ0) is 10.7. The van der Waals surface area contributed by atoms with Crippen LogP contribution < -0.4 is 10.1 Å². The van der Waals surface area contributed by atoms with Gasteiger partial charge in [-0.3, -0.25) is 0 Å². The number of benzene rings is 1. The van der Waals surface area contributed by atoms with E-state index in [1.54, 1.807) is 7.11 Å². The van der Waals surface area contributed by atoms with Gasteiger partial charge in [0, 0.05) is 19.0 Å². The third kappa shape index (κ3) is 1.95. The highest BCUT2D eigenvalue weighted by Crippen LogP contribution is 2.29. The highest BCUT2D eigenvalue weighted by Gasteiger charge is 2.28. The van der Waals surface area contributed by atoms with Gasteiger partial charge in [0.1, 0.15) is 5.75 Å². The average Bonchev–Trinajstić information content (AvgIpc) is 2.77. The van der Waals surface area contributed by atoms with E-state index in [1.807, 2.05) is 18.2 Å². The van der Waals surface area contributed by atoms with Gasteiger partial charge in [-0.25, -0.2) is 0 Å². The van der Waals surface area contributed by atoms with Crippen LogP contribution in [0.15, 0.2) is 24.3 Å². The van der Waals surface area contributed by atoms with E-state index in [4.69, 9.17) is 10.00 Å². The van der Waals surface area contributed by atoms with E-state index < -0.39 is 0 Å². The Morgan fingerprint density at radius 1 is 1.47 bits per heavy atom. The Balaban J connectivity index is 2.25. The Kier molecular flexibility index (Phi) is 2.89. The second kappa shape index (κ2) is 4.33. The zero-order valence-corrected chi connectivity index (χ0v) is 8.73. The number of nitriles is 1. The average molecular weight is 202 g/mol. The monoisotopic (exact) mass is 202 g/mol. The van der Waals surface area contributed by atoms with Crippen molar-refractivity contribution in [1.82, 2.24) is 5.32 Å². The van der Waals surface area contributed by atoms with Gasteiger partial charge in [-0.05, 0) is 17.7 Å². The van der Waals surface area contributed by atoms with Crippen molar-refractivity contribution < 1.29 is 4.74 Å². The van der Waals surface area contributed by atoms with Crippen LogP contribution in [-0.4, -0.2) is 20.2 Å². The van der Waals surface area contributed by atoms with Gasteiger partial charge in [-0.1, -0.05) is 12.1 Å². The van der Waals surface area contributed by atoms with Crippen LogP contribution in [0.4, 0.5) is 0 Å². The summed E-state index contributed by atoms with van der Waals surface area (Å²) in [7, 11) is 1.66. The van der Waals surface area contributed by atoms with E-state index in [1.165, 1.54) is 5.56 Å². The molecule has 0 aliphatic carbocycles. The molecule has 2 atom stereocenters. The van der Waals surface area contributed by atoms with Crippen molar-refractivity contribution in [2.24, 2.45) is 5.92 Å². The van der Waals surface area contributed by atoms with Crippen LogP contribution in [0.5, 0.6) is 5.75 Å². The van der Waals surface area contributed by atoms with Crippen LogP contribution in [-0.2, 0) is 0 Å². The molecule has 1 N–H and O–H groups in total. The Morgan fingerprint density at radius 2 is 2.33 bits per heavy atom. The number of methoxy groups -OCH3 is 1. The predicted molar refractivity (Wildman–Crippen MR) is 57.7 cm³/mol. The van der Waals surface area contributed by atoms with E-state index >= 15 is 0 Å². The number of nitrogens with one attached hydrogen (secondary N) is 1. The first-order valence-electron chi connectivity index (χ1n) is 5.09. The largest absolute Gasteiger partial charge is 0.497 e. The Hall–Kier alpha value is -1.53. The van der Waals surface area contributed by atoms with Crippen LogP contribution in [0.1, 0.15) is 11.5 Å². The second-order valence-corrected chi connectivity index (χ2v) is 3.78. The molecule has 0 amide bonds. The molecule has 3 nitrogen and oxygen atoms in total. The van der Waals surface area contributed by atoms with E-state index in [-0.39, 0.29) is 5.92 Å². The standard InChI is InChI=1S/C12H14N2O/c1-15-11-4-2-3-9(5-11)12-8-14-7-10(12)6-13/h2-5,10,12,14H,7-8H2,1H3/t10-,12-/m0/s1. The third-order valence-electron chi connectivity index (χ3n) is 2.90. The Labute approximate surface area is 89.7 Å². The molecule has 1 heterocycles. The van der Waals surface area contributed by atoms with Crippen LogP contribution in [0, 0.1) is 17.2 Å². The maximum Gasteiger partial charge on any atom is 0.119 e. The van der Waals surface area contributed by atoms with E-state index in [0.29, 0.717) is 5.92 Å². The summed E-state index contributed by atoms with van der Waals surface area (Å²) in [5, 5.41) is 12.2. The van der Waals surface area contributed by atoms with Gasteiger partial charge in [0.05, 0.1) is 19.1 Å². The fraction of sp³-hybridized carbons (Fsp3) is 0.417. The van der Waals surface area contributed by atoms with Gasteiger partial charge < -0.3 is 10.1 Å². The van der Waals surface area contributed by atoms with Gasteiger partial charge in [-0.2, -0.15) is 5.26 Å². The highest BCUT2D eigenvalue weighted by atomic mass is 16.5. The number of hydrogen-bond acceptors (Lipinski definition) is 3. The molecule has 0 bridgehead atoms. The van der Waals surface area contributed by atoms with Crippen molar-refractivity contribution in [1.29, 1.82) is 5.26 Å². The molecular formula is C12H14N2O. The minimum atomic E-state index is 0.0807. The SMILES string of the molecule is COc1cccc([C@@H]2CNC[C@@H]2C#N)c1. The first-order valence-corrected chi connectivity index (χ1v) is 5.09. The third-order valence-corrected chi connectivity index (χ3v) is 2.90. The lowest BCUT2D eigenvalue weighted by Crippen LogP contribution is -2.08. The fourth-order valence-corrected chi connectivity index (χ4v) is 2.04. The maximum absolute atomic E-state index is 9.00. The number of hydrogen-bond donors (Lipinski definition) is 1. The highest BCUT2D eigenvalue weighted by molar-refractivity contribution is 5.33. The minimum Gasteiger partial charge on any atom is -0.497 e. The summed E-state index contributed by atoms with van der Waals surface area (Å²) in [6.07, 6.45) is 0. The molecule has 1 fully saturated rings. The Morgan fingerprint density at radius 3 is 3.07 bits per heavy atom. The molecule has 0 unspecified atom stereocenters. The van der Waals surface area contributed by atoms with Crippen molar-refractivity contribution in [2.75, 3.05) is 20.2 Å². The molecule has 1 aromatic carbocycles. The smallest absolute Gasteiger partial charge is 0.119 e. The number of rotatable bonds is 2. The molecule has 0 spiro atoms. The van der Waals surface area contributed by atoms with E-state index in [2.05, 4.69) is 17.5 Å². The summed E-state index contributed by atoms with van der Waals surface area (Å²) in [5.74, 6) is 1.23. The molecule has 78 valence electrons. The Bertz CT molecular complexity index is 383. The fourth-order valence-electron chi connectivity index (χ4n) is 2.04. The lowest BCUT2D eigenvalue weighted by molar-refractivity contribution is 0.413. The molecule has 0 radical (unpaired) electrons. The molecule has 1 aliphatic heterocycles. The molecule has 1 aromatic rings. The maximum atomic E-state index is 9.00. The molecule has 0 saturated carbocycles. The summed E-state index contributed by atoms with van der Waals surface area (Å²) < 4.78 is 5.18. The molecule has 0 aromatic heterocycles. The lowest BCUT2D eigenvalue weighted by Gasteiger charge is -2.13. The van der Waals surface area contributed by atoms with Crippen LogP contribution in [0.2, 0.25) is 0 Å². The van der Waals surface area contributed by atoms with Gasteiger partial charge in [-0.15, -0.1) is 0 Å². The quantitative estimate of drug-likeness (QED) is 0.790. The van der Waals surface area contributed by atoms with Crippen LogP contribution >= 0.6 is 0 Å². The zero-order valence-electron chi connectivity index (χ0n) is 8.73. The molecule has 1 saturated heterocycles. The first-order chi connectivity index (χ1) is 7.35.